The predicted molar refractivity (Wildman–Crippen MR) is 243 cm³/mol. The van der Waals surface area contributed by atoms with Crippen molar-refractivity contribution in [3.8, 4) is 33.7 Å². The molecule has 0 N–H and O–H groups in total. The SMILES string of the molecule is c1ccc2cc(-c3ccc4c(ccc5cc(N(c6ccc(-c7cnc8c(c7)oc7ccccc78)cc6)c6ccc(-c7nc8ccccc8o7)cc6)ccc54)c3)ccc2c1. The molecule has 12 aromatic rings. The minimum Gasteiger partial charge on any atom is -0.454 e. The van der Waals surface area contributed by atoms with E-state index in [0.717, 1.165) is 66.9 Å². The fourth-order valence-corrected chi connectivity index (χ4v) is 8.50. The highest BCUT2D eigenvalue weighted by molar-refractivity contribution is 6.10. The van der Waals surface area contributed by atoms with Gasteiger partial charge in [0.2, 0.25) is 5.89 Å². The summed E-state index contributed by atoms with van der Waals surface area (Å²) in [4.78, 5) is 11.9. The Bertz CT molecular complexity index is 3530. The van der Waals surface area contributed by atoms with Crippen molar-refractivity contribution in [3.05, 3.63) is 200 Å². The molecule has 0 aliphatic rings. The third-order valence-corrected chi connectivity index (χ3v) is 11.5. The summed E-state index contributed by atoms with van der Waals surface area (Å²) in [6, 6.07) is 68.3. The molecule has 0 amide bonds. The maximum Gasteiger partial charge on any atom is 0.227 e. The van der Waals surface area contributed by atoms with Crippen molar-refractivity contribution in [2.45, 2.75) is 0 Å². The Labute approximate surface area is 339 Å². The first-order chi connectivity index (χ1) is 29.2. The van der Waals surface area contributed by atoms with Crippen LogP contribution in [0.1, 0.15) is 0 Å². The molecule has 0 bridgehead atoms. The van der Waals surface area contributed by atoms with Crippen LogP contribution in [0.2, 0.25) is 0 Å². The lowest BCUT2D eigenvalue weighted by Crippen LogP contribution is -2.09. The summed E-state index contributed by atoms with van der Waals surface area (Å²) in [6.45, 7) is 0. The Hall–Kier alpha value is -8.02. The predicted octanol–water partition coefficient (Wildman–Crippen LogP) is 15.1. The molecule has 0 fully saturated rings. The van der Waals surface area contributed by atoms with Crippen molar-refractivity contribution < 1.29 is 8.83 Å². The van der Waals surface area contributed by atoms with Crippen LogP contribution < -0.4 is 4.90 Å². The van der Waals surface area contributed by atoms with Crippen LogP contribution in [-0.2, 0) is 0 Å². The highest BCUT2D eigenvalue weighted by atomic mass is 16.3. The molecule has 0 aliphatic carbocycles. The molecule has 3 heterocycles. The number of para-hydroxylation sites is 3. The molecule has 0 atom stereocenters. The zero-order valence-corrected chi connectivity index (χ0v) is 31.7. The van der Waals surface area contributed by atoms with Gasteiger partial charge in [-0.05, 0) is 140 Å². The average molecular weight is 756 g/mol. The Kier molecular flexibility index (Phi) is 7.47. The number of pyridine rings is 1. The lowest BCUT2D eigenvalue weighted by Gasteiger charge is -2.26. The lowest BCUT2D eigenvalue weighted by atomic mass is 9.96. The summed E-state index contributed by atoms with van der Waals surface area (Å²) >= 11 is 0. The summed E-state index contributed by atoms with van der Waals surface area (Å²) in [5.74, 6) is 0.602. The van der Waals surface area contributed by atoms with Crippen molar-refractivity contribution in [1.29, 1.82) is 0 Å². The number of oxazole rings is 1. The van der Waals surface area contributed by atoms with E-state index in [-0.39, 0.29) is 0 Å². The van der Waals surface area contributed by atoms with E-state index in [1.54, 1.807) is 0 Å². The van der Waals surface area contributed by atoms with E-state index in [4.69, 9.17) is 18.8 Å². The Morgan fingerprint density at radius 1 is 0.356 bits per heavy atom. The third kappa shape index (κ3) is 5.71. The maximum atomic E-state index is 6.17. The van der Waals surface area contributed by atoms with Gasteiger partial charge in [0, 0.05) is 39.8 Å². The number of furan rings is 1. The van der Waals surface area contributed by atoms with E-state index in [1.807, 2.05) is 48.7 Å². The van der Waals surface area contributed by atoms with E-state index in [2.05, 4.69) is 157 Å². The van der Waals surface area contributed by atoms with Crippen LogP contribution in [0.25, 0.3) is 99.2 Å². The van der Waals surface area contributed by atoms with Gasteiger partial charge in [0.1, 0.15) is 16.6 Å². The normalized spacial score (nSPS) is 11.7. The minimum atomic E-state index is 0.602. The Morgan fingerprint density at radius 3 is 1.75 bits per heavy atom. The highest BCUT2D eigenvalue weighted by Gasteiger charge is 2.17. The van der Waals surface area contributed by atoms with E-state index in [1.165, 1.54) is 43.4 Å². The number of anilines is 3. The topological polar surface area (TPSA) is 55.3 Å². The van der Waals surface area contributed by atoms with Gasteiger partial charge in [0.05, 0.1) is 0 Å². The number of aromatic nitrogens is 2. The van der Waals surface area contributed by atoms with Crippen molar-refractivity contribution >= 4 is 82.5 Å². The molecular weight excluding hydrogens is 723 g/mol. The molecule has 0 saturated carbocycles. The molecule has 0 saturated heterocycles. The number of rotatable bonds is 6. The number of nitrogens with zero attached hydrogens (tertiary/aromatic N) is 3. The number of fused-ring (bicyclic) bond motifs is 8. The summed E-state index contributed by atoms with van der Waals surface area (Å²) in [5.41, 5.74) is 12.6. The molecule has 0 radical (unpaired) electrons. The molecule has 5 heteroatoms. The van der Waals surface area contributed by atoms with Crippen LogP contribution in [0.4, 0.5) is 17.1 Å². The van der Waals surface area contributed by atoms with Gasteiger partial charge < -0.3 is 13.7 Å². The number of benzene rings is 9. The zero-order chi connectivity index (χ0) is 38.9. The monoisotopic (exact) mass is 755 g/mol. The van der Waals surface area contributed by atoms with Crippen LogP contribution in [0, 0.1) is 0 Å². The van der Waals surface area contributed by atoms with E-state index in [0.29, 0.717) is 5.89 Å². The largest absolute Gasteiger partial charge is 0.454 e. The molecule has 12 rings (SSSR count). The van der Waals surface area contributed by atoms with Gasteiger partial charge in [-0.1, -0.05) is 103 Å². The number of hydrogen-bond acceptors (Lipinski definition) is 5. The average Bonchev–Trinajstić information content (AvgIpc) is 3.91. The van der Waals surface area contributed by atoms with Crippen molar-refractivity contribution in [3.63, 3.8) is 0 Å². The second-order valence-corrected chi connectivity index (χ2v) is 15.1. The molecule has 59 heavy (non-hydrogen) atoms. The van der Waals surface area contributed by atoms with Crippen LogP contribution in [0.15, 0.2) is 209 Å². The molecule has 276 valence electrons. The molecule has 0 aliphatic heterocycles. The first-order valence-corrected chi connectivity index (χ1v) is 19.8. The molecule has 0 spiro atoms. The highest BCUT2D eigenvalue weighted by Crippen LogP contribution is 2.40. The molecular formula is C54H33N3O2. The van der Waals surface area contributed by atoms with Crippen LogP contribution in [0.5, 0.6) is 0 Å². The first kappa shape index (κ1) is 33.2. The fraction of sp³-hybridized carbons (Fsp3) is 0. The van der Waals surface area contributed by atoms with E-state index < -0.39 is 0 Å². The zero-order valence-electron chi connectivity index (χ0n) is 31.7. The van der Waals surface area contributed by atoms with Gasteiger partial charge >= 0.3 is 0 Å². The Morgan fingerprint density at radius 2 is 0.949 bits per heavy atom. The van der Waals surface area contributed by atoms with Gasteiger partial charge in [-0.15, -0.1) is 0 Å². The summed E-state index contributed by atoms with van der Waals surface area (Å²) in [6.07, 6.45) is 1.93. The molecule has 0 unspecified atom stereocenters. The summed E-state index contributed by atoms with van der Waals surface area (Å²) < 4.78 is 12.3. The minimum absolute atomic E-state index is 0.602. The van der Waals surface area contributed by atoms with E-state index in [9.17, 15) is 0 Å². The van der Waals surface area contributed by atoms with E-state index >= 15 is 0 Å². The second-order valence-electron chi connectivity index (χ2n) is 15.1. The first-order valence-electron chi connectivity index (χ1n) is 19.8. The van der Waals surface area contributed by atoms with Gasteiger partial charge in [-0.25, -0.2) is 4.98 Å². The number of hydrogen-bond donors (Lipinski definition) is 0. The second kappa shape index (κ2) is 13.3. The Balaban J connectivity index is 0.929. The van der Waals surface area contributed by atoms with Crippen LogP contribution in [-0.4, -0.2) is 9.97 Å². The lowest BCUT2D eigenvalue weighted by molar-refractivity contribution is 0.620. The quantitative estimate of drug-likeness (QED) is 0.158. The summed E-state index contributed by atoms with van der Waals surface area (Å²) in [7, 11) is 0. The van der Waals surface area contributed by atoms with Gasteiger partial charge in [-0.3, -0.25) is 4.98 Å². The van der Waals surface area contributed by atoms with Crippen molar-refractivity contribution in [2.24, 2.45) is 0 Å². The maximum absolute atomic E-state index is 6.17. The summed E-state index contributed by atoms with van der Waals surface area (Å²) in [5, 5.41) is 8.35. The molecule has 5 nitrogen and oxygen atoms in total. The van der Waals surface area contributed by atoms with Gasteiger partial charge in [-0.2, -0.15) is 0 Å². The van der Waals surface area contributed by atoms with Gasteiger partial charge in [0.15, 0.2) is 11.2 Å². The van der Waals surface area contributed by atoms with Crippen LogP contribution >= 0.6 is 0 Å². The smallest absolute Gasteiger partial charge is 0.227 e. The molecule has 3 aromatic heterocycles. The van der Waals surface area contributed by atoms with Crippen molar-refractivity contribution in [2.75, 3.05) is 4.90 Å². The van der Waals surface area contributed by atoms with Crippen LogP contribution in [0.3, 0.4) is 0 Å². The van der Waals surface area contributed by atoms with Crippen molar-refractivity contribution in [1.82, 2.24) is 9.97 Å². The third-order valence-electron chi connectivity index (χ3n) is 11.5. The standard InChI is InChI=1S/C54H33N3O2/c1-2-8-37-29-38(14-13-34(37)7-1)39-21-27-46-40(30-39)15-16-41-31-45(26-28-47(41)46)57(44-24-19-36(20-25-44)54-56-49-10-4-6-12-51(49)59-54)43-22-17-35(18-23-43)42-32-52-53(55-33-42)48-9-3-5-11-50(48)58-52/h1-33H. The molecule has 9 aromatic carbocycles. The fourth-order valence-electron chi connectivity index (χ4n) is 8.50. The van der Waals surface area contributed by atoms with Gasteiger partial charge in [0.25, 0.3) is 0 Å².